The lowest BCUT2D eigenvalue weighted by Gasteiger charge is -2.28. The maximum atomic E-state index is 12.8. The molecule has 8 nitrogen and oxygen atoms in total. The van der Waals surface area contributed by atoms with E-state index in [0.717, 1.165) is 0 Å². The average Bonchev–Trinajstić information content (AvgIpc) is 2.80. The quantitative estimate of drug-likeness (QED) is 0.447. The molecule has 1 aliphatic heterocycles. The molecule has 0 saturated carbocycles. The lowest BCUT2D eigenvalue weighted by Crippen LogP contribution is -2.41. The number of rotatable bonds is 5. The Morgan fingerprint density at radius 1 is 0.886 bits per heavy atom. The van der Waals surface area contributed by atoms with Gasteiger partial charge in [-0.25, -0.2) is 8.42 Å². The number of nitrogens with one attached hydrogen (secondary N) is 2. The van der Waals surface area contributed by atoms with Crippen LogP contribution in [0.1, 0.15) is 20.7 Å². The van der Waals surface area contributed by atoms with E-state index < -0.39 is 27.8 Å². The second kappa shape index (κ2) is 10.4. The molecule has 0 atom stereocenters. The van der Waals surface area contributed by atoms with Gasteiger partial charge in [0.05, 0.1) is 40.1 Å². The minimum Gasteiger partial charge on any atom is -0.362 e. The number of benzene rings is 3. The lowest BCUT2D eigenvalue weighted by molar-refractivity contribution is 0.101. The molecule has 3 aromatic carbocycles. The summed E-state index contributed by atoms with van der Waals surface area (Å²) in [6, 6.07) is 15.4. The highest BCUT2D eigenvalue weighted by Gasteiger charge is 2.27. The van der Waals surface area contributed by atoms with Crippen LogP contribution in [0.5, 0.6) is 0 Å². The van der Waals surface area contributed by atoms with Crippen LogP contribution in [0, 0.1) is 0 Å². The Hall–Kier alpha value is -2.82. The molecule has 2 N–H and O–H groups in total. The molecule has 0 aromatic heterocycles. The number of anilines is 3. The maximum absolute atomic E-state index is 12.8. The molecular formula is C23H18Cl3N3O5S. The van der Waals surface area contributed by atoms with Gasteiger partial charge in [0.15, 0.2) is 5.94 Å². The molecule has 0 aliphatic carbocycles. The second-order valence-corrected chi connectivity index (χ2v) is 10.6. The Bertz CT molecular complexity index is 1420. The summed E-state index contributed by atoms with van der Waals surface area (Å²) in [6.45, 7) is 0.407. The molecule has 4 rings (SSSR count). The molecule has 3 aromatic rings. The van der Waals surface area contributed by atoms with E-state index in [1.807, 2.05) is 0 Å². The zero-order valence-corrected chi connectivity index (χ0v) is 21.0. The van der Waals surface area contributed by atoms with Crippen molar-refractivity contribution in [2.45, 2.75) is 0 Å². The first kappa shape index (κ1) is 25.3. The van der Waals surface area contributed by atoms with E-state index in [4.69, 9.17) is 39.5 Å². The normalized spacial score (nSPS) is 14.9. The van der Waals surface area contributed by atoms with E-state index in [1.165, 1.54) is 40.7 Å². The third-order valence-corrected chi connectivity index (χ3v) is 7.46. The van der Waals surface area contributed by atoms with Crippen LogP contribution in [0.15, 0.2) is 60.7 Å². The standard InChI is InChI=1S/C23H18Cl3N3O5S/c24-15-3-1-2-14(10-15)22(30)28-21-11-16(4-7-19(21)25)27-23(31)18-6-5-17(12-20(18)26)29-8-9-34-13-35(29,32)33/h1-7,10-12H,8-9,13H2,(H,27,31)(H,28,30). The Morgan fingerprint density at radius 3 is 2.40 bits per heavy atom. The second-order valence-electron chi connectivity index (χ2n) is 7.49. The molecular weight excluding hydrogens is 537 g/mol. The van der Waals surface area contributed by atoms with E-state index >= 15 is 0 Å². The van der Waals surface area contributed by atoms with Gasteiger partial charge in [0.1, 0.15) is 0 Å². The summed E-state index contributed by atoms with van der Waals surface area (Å²) in [6.07, 6.45) is 0. The fourth-order valence-corrected chi connectivity index (χ4v) is 5.23. The summed E-state index contributed by atoms with van der Waals surface area (Å²) in [5.41, 5.74) is 1.47. The van der Waals surface area contributed by atoms with Crippen LogP contribution in [-0.4, -0.2) is 39.3 Å². The number of carbonyl (C=O) groups excluding carboxylic acids is 2. The van der Waals surface area contributed by atoms with E-state index in [2.05, 4.69) is 10.6 Å². The summed E-state index contributed by atoms with van der Waals surface area (Å²) in [4.78, 5) is 25.4. The van der Waals surface area contributed by atoms with Crippen LogP contribution in [0.2, 0.25) is 15.1 Å². The van der Waals surface area contributed by atoms with Gasteiger partial charge in [-0.3, -0.25) is 13.9 Å². The van der Waals surface area contributed by atoms with Crippen LogP contribution >= 0.6 is 34.8 Å². The van der Waals surface area contributed by atoms with Gasteiger partial charge in [-0.1, -0.05) is 40.9 Å². The van der Waals surface area contributed by atoms with Crippen LogP contribution < -0.4 is 14.9 Å². The molecule has 0 spiro atoms. The number of ether oxygens (including phenoxy) is 1. The topological polar surface area (TPSA) is 105 Å². The van der Waals surface area contributed by atoms with Gasteiger partial charge in [0, 0.05) is 16.3 Å². The molecule has 12 heteroatoms. The Labute approximate surface area is 216 Å². The largest absolute Gasteiger partial charge is 0.362 e. The van der Waals surface area contributed by atoms with Crippen molar-refractivity contribution in [2.24, 2.45) is 0 Å². The number of carbonyl (C=O) groups is 2. The molecule has 0 unspecified atom stereocenters. The summed E-state index contributed by atoms with van der Waals surface area (Å²) in [5, 5.41) is 6.15. The van der Waals surface area contributed by atoms with Crippen LogP contribution in [0.4, 0.5) is 17.1 Å². The van der Waals surface area contributed by atoms with Gasteiger partial charge in [-0.2, -0.15) is 0 Å². The summed E-state index contributed by atoms with van der Waals surface area (Å²) in [5.74, 6) is -1.37. The van der Waals surface area contributed by atoms with Crippen molar-refractivity contribution in [2.75, 3.05) is 34.0 Å². The molecule has 0 radical (unpaired) electrons. The van der Waals surface area contributed by atoms with Crippen LogP contribution in [0.3, 0.4) is 0 Å². The third-order valence-electron chi connectivity index (χ3n) is 5.05. The molecule has 182 valence electrons. The highest BCUT2D eigenvalue weighted by Crippen LogP contribution is 2.29. The monoisotopic (exact) mass is 553 g/mol. The summed E-state index contributed by atoms with van der Waals surface area (Å²) >= 11 is 18.5. The van der Waals surface area contributed by atoms with Gasteiger partial charge >= 0.3 is 0 Å². The highest BCUT2D eigenvalue weighted by molar-refractivity contribution is 7.92. The van der Waals surface area contributed by atoms with Crippen molar-refractivity contribution >= 4 is 73.7 Å². The predicted octanol–water partition coefficient (Wildman–Crippen LogP) is 5.28. The first-order valence-corrected chi connectivity index (χ1v) is 12.9. The minimum absolute atomic E-state index is 0.0742. The number of amides is 2. The van der Waals surface area contributed by atoms with Crippen LogP contribution in [0.25, 0.3) is 0 Å². The predicted molar refractivity (Wildman–Crippen MR) is 137 cm³/mol. The average molecular weight is 555 g/mol. The SMILES string of the molecule is O=C(Nc1cc(NC(=O)c2ccc(N3CCOCS3(=O)=O)cc2Cl)ccc1Cl)c1cccc(Cl)c1. The first-order valence-electron chi connectivity index (χ1n) is 10.2. The lowest BCUT2D eigenvalue weighted by atomic mass is 10.1. The molecule has 0 bridgehead atoms. The van der Waals surface area contributed by atoms with Crippen molar-refractivity contribution in [1.29, 1.82) is 0 Å². The third kappa shape index (κ3) is 5.88. The summed E-state index contributed by atoms with van der Waals surface area (Å²) < 4.78 is 30.6. The van der Waals surface area contributed by atoms with E-state index in [0.29, 0.717) is 22.0 Å². The molecule has 1 saturated heterocycles. The van der Waals surface area contributed by atoms with Gasteiger partial charge in [0.25, 0.3) is 21.8 Å². The smallest absolute Gasteiger partial charge is 0.259 e. The number of nitrogens with zero attached hydrogens (tertiary/aromatic N) is 1. The Kier molecular flexibility index (Phi) is 7.53. The van der Waals surface area contributed by atoms with E-state index in [9.17, 15) is 18.0 Å². The Morgan fingerprint density at radius 2 is 1.69 bits per heavy atom. The zero-order chi connectivity index (χ0) is 25.2. The van der Waals surface area contributed by atoms with Crippen molar-refractivity contribution in [3.63, 3.8) is 0 Å². The van der Waals surface area contributed by atoms with Gasteiger partial charge in [-0.05, 0) is 54.6 Å². The van der Waals surface area contributed by atoms with Crippen molar-refractivity contribution in [3.05, 3.63) is 86.9 Å². The number of halogens is 3. The zero-order valence-electron chi connectivity index (χ0n) is 17.9. The molecule has 2 amide bonds. The fraction of sp³-hybridized carbons (Fsp3) is 0.130. The molecule has 1 aliphatic rings. The van der Waals surface area contributed by atoms with Gasteiger partial charge < -0.3 is 15.4 Å². The van der Waals surface area contributed by atoms with Crippen molar-refractivity contribution in [3.8, 4) is 0 Å². The van der Waals surface area contributed by atoms with Crippen molar-refractivity contribution < 1.29 is 22.7 Å². The Balaban J connectivity index is 1.50. The van der Waals surface area contributed by atoms with Crippen molar-refractivity contribution in [1.82, 2.24) is 0 Å². The van der Waals surface area contributed by atoms with Crippen LogP contribution in [-0.2, 0) is 14.8 Å². The first-order chi connectivity index (χ1) is 16.6. The summed E-state index contributed by atoms with van der Waals surface area (Å²) in [7, 11) is -3.62. The number of hydrogen-bond donors (Lipinski definition) is 2. The molecule has 1 heterocycles. The van der Waals surface area contributed by atoms with Gasteiger partial charge in [0.2, 0.25) is 0 Å². The highest BCUT2D eigenvalue weighted by atomic mass is 35.5. The molecule has 35 heavy (non-hydrogen) atoms. The van der Waals surface area contributed by atoms with E-state index in [-0.39, 0.29) is 34.4 Å². The maximum Gasteiger partial charge on any atom is 0.259 e. The minimum atomic E-state index is -3.62. The van der Waals surface area contributed by atoms with Gasteiger partial charge in [-0.15, -0.1) is 0 Å². The fourth-order valence-electron chi connectivity index (χ4n) is 3.37. The number of sulfonamides is 1. The number of hydrogen-bond acceptors (Lipinski definition) is 5. The molecule has 1 fully saturated rings. The van der Waals surface area contributed by atoms with E-state index in [1.54, 1.807) is 24.3 Å².